The summed E-state index contributed by atoms with van der Waals surface area (Å²) in [5.41, 5.74) is 0.455. The molecule has 0 heterocycles. The van der Waals surface area contributed by atoms with Crippen LogP contribution < -0.4 is 5.32 Å². The molecule has 0 radical (unpaired) electrons. The monoisotopic (exact) mass is 282 g/mol. The molecule has 1 N–H and O–H groups in total. The molecule has 3 heteroatoms. The predicted molar refractivity (Wildman–Crippen MR) is 85.7 cm³/mol. The fraction of sp³-hybridized carbons (Fsp3) is 0.941. The number of amides is 1. The van der Waals surface area contributed by atoms with E-state index in [-0.39, 0.29) is 5.91 Å². The van der Waals surface area contributed by atoms with Crippen LogP contribution in [-0.4, -0.2) is 37.0 Å². The Balaban J connectivity index is 2.20. The summed E-state index contributed by atoms with van der Waals surface area (Å²) in [4.78, 5) is 13.8. The number of carbonyl (C=O) groups is 1. The summed E-state index contributed by atoms with van der Waals surface area (Å²) >= 11 is 0. The van der Waals surface area contributed by atoms with Crippen molar-refractivity contribution < 1.29 is 4.79 Å². The predicted octanol–water partition coefficient (Wildman–Crippen LogP) is 3.30. The van der Waals surface area contributed by atoms with Gasteiger partial charge in [0.1, 0.15) is 0 Å². The molecule has 0 aliphatic heterocycles. The van der Waals surface area contributed by atoms with E-state index in [1.165, 1.54) is 25.7 Å². The Morgan fingerprint density at radius 2 is 1.65 bits per heavy atom. The number of rotatable bonds is 6. The Bertz CT molecular complexity index is 284. The smallest absolute Gasteiger partial charge is 0.236 e. The highest BCUT2D eigenvalue weighted by molar-refractivity contribution is 5.78. The zero-order valence-corrected chi connectivity index (χ0v) is 14.2. The molecular weight excluding hydrogens is 248 g/mol. The highest BCUT2D eigenvalue weighted by Gasteiger charge is 2.29. The molecule has 0 atom stereocenters. The first-order valence-electron chi connectivity index (χ1n) is 8.36. The maximum Gasteiger partial charge on any atom is 0.236 e. The van der Waals surface area contributed by atoms with Crippen molar-refractivity contribution in [1.29, 1.82) is 0 Å². The second-order valence-electron chi connectivity index (χ2n) is 7.28. The topological polar surface area (TPSA) is 32.3 Å². The summed E-state index contributed by atoms with van der Waals surface area (Å²) in [7, 11) is 0. The number of nitrogens with zero attached hydrogens (tertiary/aromatic N) is 1. The molecular formula is C17H34N2O. The zero-order valence-electron chi connectivity index (χ0n) is 14.2. The van der Waals surface area contributed by atoms with E-state index in [2.05, 4.69) is 26.1 Å². The normalized spacial score (nSPS) is 23.6. The highest BCUT2D eigenvalue weighted by Crippen LogP contribution is 2.39. The van der Waals surface area contributed by atoms with Crippen molar-refractivity contribution in [2.45, 2.75) is 60.3 Å². The van der Waals surface area contributed by atoms with Crippen molar-refractivity contribution in [1.82, 2.24) is 10.2 Å². The van der Waals surface area contributed by atoms with Crippen LogP contribution >= 0.6 is 0 Å². The molecule has 0 unspecified atom stereocenters. The van der Waals surface area contributed by atoms with Gasteiger partial charge in [-0.15, -0.1) is 0 Å². The maximum atomic E-state index is 11.9. The average molecular weight is 282 g/mol. The first-order chi connectivity index (χ1) is 9.38. The van der Waals surface area contributed by atoms with Crippen molar-refractivity contribution in [2.75, 3.05) is 26.2 Å². The summed E-state index contributed by atoms with van der Waals surface area (Å²) in [6.45, 7) is 14.3. The number of likely N-dealkylation sites (N-methyl/N-ethyl adjacent to an activating group) is 1. The highest BCUT2D eigenvalue weighted by atomic mass is 16.2. The molecule has 1 fully saturated rings. The van der Waals surface area contributed by atoms with Crippen LogP contribution in [0.5, 0.6) is 0 Å². The quantitative estimate of drug-likeness (QED) is 0.810. The fourth-order valence-corrected chi connectivity index (χ4v) is 3.30. The Morgan fingerprint density at radius 3 is 2.10 bits per heavy atom. The Labute approximate surface area is 125 Å². The van der Waals surface area contributed by atoms with Crippen LogP contribution in [-0.2, 0) is 4.79 Å². The molecule has 3 nitrogen and oxygen atoms in total. The number of carbonyl (C=O) groups excluding carboxylic acids is 1. The first kappa shape index (κ1) is 17.5. The molecule has 0 spiro atoms. The minimum absolute atomic E-state index is 0.235. The van der Waals surface area contributed by atoms with E-state index >= 15 is 0 Å². The SMILES string of the molecule is CCN(CC)C(=O)CNCC1CCC(C(C)(C)C)CC1. The summed E-state index contributed by atoms with van der Waals surface area (Å²) in [5, 5.41) is 3.37. The lowest BCUT2D eigenvalue weighted by atomic mass is 9.70. The zero-order chi connectivity index (χ0) is 15.2. The summed E-state index contributed by atoms with van der Waals surface area (Å²) in [6.07, 6.45) is 5.32. The Kier molecular flexibility index (Phi) is 7.01. The van der Waals surface area contributed by atoms with E-state index in [1.807, 2.05) is 18.7 Å². The van der Waals surface area contributed by atoms with E-state index in [0.29, 0.717) is 12.0 Å². The van der Waals surface area contributed by atoms with Gasteiger partial charge in [0.25, 0.3) is 0 Å². The van der Waals surface area contributed by atoms with Gasteiger partial charge >= 0.3 is 0 Å². The van der Waals surface area contributed by atoms with E-state index < -0.39 is 0 Å². The minimum Gasteiger partial charge on any atom is -0.342 e. The van der Waals surface area contributed by atoms with Gasteiger partial charge in [0, 0.05) is 13.1 Å². The van der Waals surface area contributed by atoms with E-state index in [1.54, 1.807) is 0 Å². The Morgan fingerprint density at radius 1 is 1.10 bits per heavy atom. The van der Waals surface area contributed by atoms with E-state index in [0.717, 1.165) is 31.5 Å². The first-order valence-corrected chi connectivity index (χ1v) is 8.36. The third kappa shape index (κ3) is 5.43. The van der Waals surface area contributed by atoms with Gasteiger partial charge in [-0.25, -0.2) is 0 Å². The lowest BCUT2D eigenvalue weighted by Crippen LogP contribution is -2.40. The lowest BCUT2D eigenvalue weighted by molar-refractivity contribution is -0.129. The second-order valence-corrected chi connectivity index (χ2v) is 7.28. The van der Waals surface area contributed by atoms with Crippen molar-refractivity contribution in [3.8, 4) is 0 Å². The van der Waals surface area contributed by atoms with Gasteiger partial charge in [0.2, 0.25) is 5.91 Å². The van der Waals surface area contributed by atoms with Gasteiger partial charge in [-0.1, -0.05) is 20.8 Å². The number of hydrogen-bond donors (Lipinski definition) is 1. The van der Waals surface area contributed by atoms with Crippen LogP contribution in [0.25, 0.3) is 0 Å². The number of hydrogen-bond acceptors (Lipinski definition) is 2. The molecule has 0 aromatic rings. The summed E-state index contributed by atoms with van der Waals surface area (Å²) in [6, 6.07) is 0. The third-order valence-electron chi connectivity index (χ3n) is 4.90. The second kappa shape index (κ2) is 8.02. The lowest BCUT2D eigenvalue weighted by Gasteiger charge is -2.37. The molecule has 1 aliphatic rings. The van der Waals surface area contributed by atoms with Gasteiger partial charge in [0.05, 0.1) is 6.54 Å². The van der Waals surface area contributed by atoms with Gasteiger partial charge in [-0.3, -0.25) is 4.79 Å². The van der Waals surface area contributed by atoms with Crippen LogP contribution in [0.1, 0.15) is 60.3 Å². The Hall–Kier alpha value is -0.570. The van der Waals surface area contributed by atoms with Gasteiger partial charge < -0.3 is 10.2 Å². The molecule has 1 saturated carbocycles. The molecule has 1 amide bonds. The van der Waals surface area contributed by atoms with Crippen molar-refractivity contribution in [2.24, 2.45) is 17.3 Å². The molecule has 0 aromatic carbocycles. The molecule has 0 aromatic heterocycles. The van der Waals surface area contributed by atoms with Gasteiger partial charge in [0.15, 0.2) is 0 Å². The van der Waals surface area contributed by atoms with Crippen molar-refractivity contribution in [3.63, 3.8) is 0 Å². The van der Waals surface area contributed by atoms with Crippen LogP contribution in [0.3, 0.4) is 0 Å². The van der Waals surface area contributed by atoms with Crippen LogP contribution in [0.4, 0.5) is 0 Å². The van der Waals surface area contributed by atoms with Crippen molar-refractivity contribution >= 4 is 5.91 Å². The largest absolute Gasteiger partial charge is 0.342 e. The van der Waals surface area contributed by atoms with Crippen molar-refractivity contribution in [3.05, 3.63) is 0 Å². The molecule has 1 aliphatic carbocycles. The standard InChI is InChI=1S/C17H34N2O/c1-6-19(7-2)16(20)13-18-12-14-8-10-15(11-9-14)17(3,4)5/h14-15,18H,6-13H2,1-5H3. The molecule has 0 bridgehead atoms. The third-order valence-corrected chi connectivity index (χ3v) is 4.90. The summed E-state index contributed by atoms with van der Waals surface area (Å²) < 4.78 is 0. The van der Waals surface area contributed by atoms with E-state index in [9.17, 15) is 4.79 Å². The van der Waals surface area contributed by atoms with Gasteiger partial charge in [-0.05, 0) is 63.3 Å². The van der Waals surface area contributed by atoms with E-state index in [4.69, 9.17) is 0 Å². The minimum atomic E-state index is 0.235. The van der Waals surface area contributed by atoms with Crippen LogP contribution in [0.2, 0.25) is 0 Å². The molecule has 118 valence electrons. The molecule has 20 heavy (non-hydrogen) atoms. The fourth-order valence-electron chi connectivity index (χ4n) is 3.30. The maximum absolute atomic E-state index is 11.9. The average Bonchev–Trinajstić information content (AvgIpc) is 2.39. The number of nitrogens with one attached hydrogen (secondary N) is 1. The molecule has 1 rings (SSSR count). The van der Waals surface area contributed by atoms with Crippen LogP contribution in [0, 0.1) is 17.3 Å². The molecule has 0 saturated heterocycles. The van der Waals surface area contributed by atoms with Gasteiger partial charge in [-0.2, -0.15) is 0 Å². The summed E-state index contributed by atoms with van der Waals surface area (Å²) in [5.74, 6) is 1.87. The van der Waals surface area contributed by atoms with Crippen LogP contribution in [0.15, 0.2) is 0 Å².